The van der Waals surface area contributed by atoms with Crippen LogP contribution in [0.3, 0.4) is 0 Å². The van der Waals surface area contributed by atoms with E-state index >= 15 is 0 Å². The van der Waals surface area contributed by atoms with Crippen LogP contribution in [0.2, 0.25) is 0 Å². The molecule has 4 nitrogen and oxygen atoms in total. The SMILES string of the molecule is COC(=O)c1cc2c(nc1O)CC(C)(C)CC2. The van der Waals surface area contributed by atoms with Crippen molar-refractivity contribution in [2.45, 2.75) is 33.1 Å². The maximum atomic E-state index is 11.4. The summed E-state index contributed by atoms with van der Waals surface area (Å²) in [6.45, 7) is 4.37. The second-order valence-electron chi connectivity index (χ2n) is 5.30. The number of nitrogens with zero attached hydrogens (tertiary/aromatic N) is 1. The largest absolute Gasteiger partial charge is 0.493 e. The lowest BCUT2D eigenvalue weighted by atomic mass is 9.76. The zero-order chi connectivity index (χ0) is 12.6. The summed E-state index contributed by atoms with van der Waals surface area (Å²) in [4.78, 5) is 15.6. The van der Waals surface area contributed by atoms with Crippen molar-refractivity contribution in [1.82, 2.24) is 4.98 Å². The Hall–Kier alpha value is -1.58. The maximum absolute atomic E-state index is 11.4. The molecular weight excluding hydrogens is 218 g/mol. The van der Waals surface area contributed by atoms with Crippen LogP contribution in [-0.2, 0) is 17.6 Å². The molecule has 1 aliphatic rings. The summed E-state index contributed by atoms with van der Waals surface area (Å²) < 4.78 is 4.61. The topological polar surface area (TPSA) is 59.4 Å². The number of hydrogen-bond acceptors (Lipinski definition) is 4. The second-order valence-corrected chi connectivity index (χ2v) is 5.30. The molecule has 0 aromatic carbocycles. The average molecular weight is 235 g/mol. The molecule has 17 heavy (non-hydrogen) atoms. The Balaban J connectivity index is 2.42. The van der Waals surface area contributed by atoms with Gasteiger partial charge in [-0.05, 0) is 36.3 Å². The minimum atomic E-state index is -0.539. The van der Waals surface area contributed by atoms with E-state index in [2.05, 4.69) is 23.6 Å². The van der Waals surface area contributed by atoms with E-state index in [4.69, 9.17) is 0 Å². The number of ether oxygens (including phenoxy) is 1. The van der Waals surface area contributed by atoms with Crippen LogP contribution in [0.1, 0.15) is 41.9 Å². The van der Waals surface area contributed by atoms with Crippen LogP contribution in [0.25, 0.3) is 0 Å². The fourth-order valence-electron chi connectivity index (χ4n) is 2.23. The summed E-state index contributed by atoms with van der Waals surface area (Å²) in [6.07, 6.45) is 2.78. The third kappa shape index (κ3) is 2.25. The van der Waals surface area contributed by atoms with Gasteiger partial charge in [0.25, 0.3) is 0 Å². The highest BCUT2D eigenvalue weighted by atomic mass is 16.5. The Labute approximate surface area is 101 Å². The molecule has 0 aliphatic heterocycles. The lowest BCUT2D eigenvalue weighted by Gasteiger charge is -2.30. The van der Waals surface area contributed by atoms with Gasteiger partial charge in [0.2, 0.25) is 5.88 Å². The van der Waals surface area contributed by atoms with E-state index in [1.807, 2.05) is 0 Å². The van der Waals surface area contributed by atoms with E-state index < -0.39 is 5.97 Å². The van der Waals surface area contributed by atoms with Gasteiger partial charge in [-0.3, -0.25) is 0 Å². The van der Waals surface area contributed by atoms with Crippen molar-refractivity contribution in [3.63, 3.8) is 0 Å². The van der Waals surface area contributed by atoms with E-state index in [0.29, 0.717) is 0 Å². The molecule has 0 fully saturated rings. The predicted molar refractivity (Wildman–Crippen MR) is 63.0 cm³/mol. The molecule has 1 aromatic rings. The molecule has 0 saturated carbocycles. The zero-order valence-corrected chi connectivity index (χ0v) is 10.4. The van der Waals surface area contributed by atoms with Crippen molar-refractivity contribution in [3.8, 4) is 5.88 Å². The van der Waals surface area contributed by atoms with E-state index in [9.17, 15) is 9.90 Å². The highest BCUT2D eigenvalue weighted by molar-refractivity contribution is 5.91. The smallest absolute Gasteiger partial charge is 0.343 e. The fourth-order valence-corrected chi connectivity index (χ4v) is 2.23. The van der Waals surface area contributed by atoms with Gasteiger partial charge in [-0.2, -0.15) is 0 Å². The highest BCUT2D eigenvalue weighted by Gasteiger charge is 2.28. The molecule has 1 aliphatic carbocycles. The van der Waals surface area contributed by atoms with Gasteiger partial charge in [-0.1, -0.05) is 13.8 Å². The molecular formula is C13H17NO3. The van der Waals surface area contributed by atoms with Crippen molar-refractivity contribution in [2.75, 3.05) is 7.11 Å². The summed E-state index contributed by atoms with van der Waals surface area (Å²) in [5, 5.41) is 9.73. The van der Waals surface area contributed by atoms with Gasteiger partial charge in [0, 0.05) is 5.69 Å². The molecule has 1 aromatic heterocycles. The van der Waals surface area contributed by atoms with Crippen molar-refractivity contribution in [2.24, 2.45) is 5.41 Å². The van der Waals surface area contributed by atoms with Crippen LogP contribution >= 0.6 is 0 Å². The van der Waals surface area contributed by atoms with Gasteiger partial charge in [0.15, 0.2) is 0 Å². The molecule has 0 bridgehead atoms. The Morgan fingerprint density at radius 1 is 1.53 bits per heavy atom. The predicted octanol–water partition coefficient (Wildman–Crippen LogP) is 2.09. The van der Waals surface area contributed by atoms with Crippen LogP contribution in [0.15, 0.2) is 6.07 Å². The lowest BCUT2D eigenvalue weighted by molar-refractivity contribution is 0.0596. The average Bonchev–Trinajstić information content (AvgIpc) is 2.26. The third-order valence-corrected chi connectivity index (χ3v) is 3.29. The summed E-state index contributed by atoms with van der Waals surface area (Å²) >= 11 is 0. The minimum absolute atomic E-state index is 0.158. The number of aromatic nitrogens is 1. The Kier molecular flexibility index (Phi) is 2.81. The quantitative estimate of drug-likeness (QED) is 0.757. The molecule has 4 heteroatoms. The van der Waals surface area contributed by atoms with Crippen LogP contribution in [-0.4, -0.2) is 23.2 Å². The van der Waals surface area contributed by atoms with Gasteiger partial charge >= 0.3 is 5.97 Å². The number of aromatic hydroxyl groups is 1. The van der Waals surface area contributed by atoms with E-state index in [0.717, 1.165) is 30.5 Å². The van der Waals surface area contributed by atoms with Gasteiger partial charge in [0.1, 0.15) is 5.56 Å². The second kappa shape index (κ2) is 4.02. The number of hydrogen-bond donors (Lipinski definition) is 1. The standard InChI is InChI=1S/C13H17NO3/c1-13(2)5-4-8-6-9(12(16)17-3)11(15)14-10(8)7-13/h6H,4-5,7H2,1-3H3,(H,14,15). The number of esters is 1. The first-order chi connectivity index (χ1) is 7.93. The Morgan fingerprint density at radius 3 is 2.88 bits per heavy atom. The van der Waals surface area contributed by atoms with E-state index in [1.54, 1.807) is 6.07 Å². The van der Waals surface area contributed by atoms with E-state index in [1.165, 1.54) is 7.11 Å². The van der Waals surface area contributed by atoms with Crippen LogP contribution in [0.4, 0.5) is 0 Å². The van der Waals surface area contributed by atoms with Gasteiger partial charge in [-0.25, -0.2) is 9.78 Å². The Bertz CT molecular complexity index is 466. The van der Waals surface area contributed by atoms with E-state index in [-0.39, 0.29) is 16.9 Å². The molecule has 0 atom stereocenters. The molecule has 0 amide bonds. The lowest BCUT2D eigenvalue weighted by Crippen LogP contribution is -2.23. The molecule has 0 spiro atoms. The highest BCUT2D eigenvalue weighted by Crippen LogP contribution is 2.35. The fraction of sp³-hybridized carbons (Fsp3) is 0.538. The minimum Gasteiger partial charge on any atom is -0.493 e. The molecule has 0 unspecified atom stereocenters. The first-order valence-corrected chi connectivity index (χ1v) is 5.73. The number of fused-ring (bicyclic) bond motifs is 1. The molecule has 1 heterocycles. The number of carbonyl (C=O) groups is 1. The molecule has 1 N–H and O–H groups in total. The number of rotatable bonds is 1. The van der Waals surface area contributed by atoms with Crippen molar-refractivity contribution in [1.29, 1.82) is 0 Å². The van der Waals surface area contributed by atoms with Crippen molar-refractivity contribution in [3.05, 3.63) is 22.9 Å². The first-order valence-electron chi connectivity index (χ1n) is 5.73. The summed E-state index contributed by atoms with van der Waals surface area (Å²) in [5.74, 6) is -0.768. The van der Waals surface area contributed by atoms with Crippen molar-refractivity contribution >= 4 is 5.97 Å². The Morgan fingerprint density at radius 2 is 2.24 bits per heavy atom. The van der Waals surface area contributed by atoms with Crippen LogP contribution in [0, 0.1) is 5.41 Å². The first kappa shape index (κ1) is 11.9. The molecule has 0 saturated heterocycles. The third-order valence-electron chi connectivity index (χ3n) is 3.29. The number of methoxy groups -OCH3 is 1. The molecule has 92 valence electrons. The summed E-state index contributed by atoms with van der Waals surface area (Å²) in [7, 11) is 1.30. The monoisotopic (exact) mass is 235 g/mol. The summed E-state index contributed by atoms with van der Waals surface area (Å²) in [6, 6.07) is 1.71. The number of carbonyl (C=O) groups excluding carboxylic acids is 1. The summed E-state index contributed by atoms with van der Waals surface area (Å²) in [5.41, 5.74) is 2.30. The van der Waals surface area contributed by atoms with Crippen LogP contribution < -0.4 is 0 Å². The van der Waals surface area contributed by atoms with Gasteiger partial charge in [0.05, 0.1) is 7.11 Å². The van der Waals surface area contributed by atoms with Crippen molar-refractivity contribution < 1.29 is 14.6 Å². The normalized spacial score (nSPS) is 17.4. The maximum Gasteiger partial charge on any atom is 0.343 e. The zero-order valence-electron chi connectivity index (χ0n) is 10.4. The van der Waals surface area contributed by atoms with Gasteiger partial charge < -0.3 is 9.84 Å². The molecule has 0 radical (unpaired) electrons. The molecule has 2 rings (SSSR count). The number of aryl methyl sites for hydroxylation is 1. The van der Waals surface area contributed by atoms with Crippen LogP contribution in [0.5, 0.6) is 5.88 Å². The van der Waals surface area contributed by atoms with Gasteiger partial charge in [-0.15, -0.1) is 0 Å². The number of pyridine rings is 1.